The molecule has 0 spiro atoms. The van der Waals surface area contributed by atoms with Crippen molar-refractivity contribution < 1.29 is 10.0 Å². The summed E-state index contributed by atoms with van der Waals surface area (Å²) in [6, 6.07) is 4.31. The summed E-state index contributed by atoms with van der Waals surface area (Å²) in [4.78, 5) is 22.5. The Labute approximate surface area is 157 Å². The van der Waals surface area contributed by atoms with Gasteiger partial charge in [-0.3, -0.25) is 19.5 Å². The largest absolute Gasteiger partial charge is 0.493 e. The fraction of sp³-hybridized carbons (Fsp3) is 0.143. The van der Waals surface area contributed by atoms with Crippen molar-refractivity contribution in [1.82, 2.24) is 4.57 Å². The Bertz CT molecular complexity index is 1000. The predicted octanol–water partition coefficient (Wildman–Crippen LogP) is 4.12. The second-order valence-corrected chi connectivity index (χ2v) is 6.57. The smallest absolute Gasteiger partial charge is 0.281 e. The molecule has 9 nitrogen and oxygen atoms in total. The van der Waals surface area contributed by atoms with Crippen LogP contribution in [-0.2, 0) is 7.05 Å². The lowest BCUT2D eigenvalue weighted by Crippen LogP contribution is -2.18. The van der Waals surface area contributed by atoms with Gasteiger partial charge >= 0.3 is 0 Å². The molecule has 2 aromatic rings. The van der Waals surface area contributed by atoms with Crippen LogP contribution in [0.5, 0.6) is 5.88 Å². The molecule has 0 fully saturated rings. The average molecular weight is 471 g/mol. The van der Waals surface area contributed by atoms with Crippen LogP contribution in [0.15, 0.2) is 36.1 Å². The minimum Gasteiger partial charge on any atom is -0.493 e. The van der Waals surface area contributed by atoms with E-state index in [1.807, 2.05) is 6.07 Å². The van der Waals surface area contributed by atoms with Crippen molar-refractivity contribution in [2.45, 2.75) is 6.92 Å². The molecule has 0 radical (unpaired) electrons. The van der Waals surface area contributed by atoms with Gasteiger partial charge in [0.05, 0.1) is 13.9 Å². The molecule has 11 heteroatoms. The number of nitriles is 1. The number of azo groups is 1. The first-order valence-corrected chi connectivity index (χ1v) is 8.15. The van der Waals surface area contributed by atoms with E-state index < -0.39 is 16.4 Å². The molecule has 1 aromatic carbocycles. The van der Waals surface area contributed by atoms with Crippen molar-refractivity contribution >= 4 is 48.9 Å². The number of halogens is 2. The van der Waals surface area contributed by atoms with Crippen LogP contribution in [0.3, 0.4) is 0 Å². The minimum atomic E-state index is -0.632. The van der Waals surface area contributed by atoms with Crippen LogP contribution in [0.25, 0.3) is 0 Å². The quantitative estimate of drug-likeness (QED) is 0.409. The lowest BCUT2D eigenvalue weighted by atomic mass is 10.1. The van der Waals surface area contributed by atoms with E-state index in [2.05, 4.69) is 42.1 Å². The minimum absolute atomic E-state index is 0.0853. The lowest BCUT2D eigenvalue weighted by molar-refractivity contribution is -0.385. The van der Waals surface area contributed by atoms with Gasteiger partial charge in [0, 0.05) is 24.7 Å². The number of nitro groups is 1. The average Bonchev–Trinajstić information content (AvgIpc) is 2.55. The third-order valence-electron chi connectivity index (χ3n) is 3.35. The highest BCUT2D eigenvalue weighted by molar-refractivity contribution is 9.11. The van der Waals surface area contributed by atoms with Gasteiger partial charge in [-0.25, -0.2) is 0 Å². The van der Waals surface area contributed by atoms with E-state index in [0.29, 0.717) is 8.95 Å². The zero-order valence-corrected chi connectivity index (χ0v) is 16.0. The van der Waals surface area contributed by atoms with Crippen molar-refractivity contribution in [1.29, 1.82) is 5.26 Å². The molecule has 0 amide bonds. The number of aromatic nitrogens is 1. The van der Waals surface area contributed by atoms with Gasteiger partial charge in [0.25, 0.3) is 11.2 Å². The van der Waals surface area contributed by atoms with Crippen molar-refractivity contribution in [3.8, 4) is 11.9 Å². The third kappa shape index (κ3) is 3.45. The molecule has 0 saturated carbocycles. The lowest BCUT2D eigenvalue weighted by Gasteiger charge is -2.08. The zero-order valence-electron chi connectivity index (χ0n) is 12.8. The van der Waals surface area contributed by atoms with Crippen LogP contribution in [-0.4, -0.2) is 14.6 Å². The first-order valence-electron chi connectivity index (χ1n) is 6.56. The summed E-state index contributed by atoms with van der Waals surface area (Å²) in [6.07, 6.45) is 0. The maximum absolute atomic E-state index is 12.2. The van der Waals surface area contributed by atoms with E-state index >= 15 is 0 Å². The molecule has 0 saturated heterocycles. The van der Waals surface area contributed by atoms with Crippen molar-refractivity contribution in [3.63, 3.8) is 0 Å². The van der Waals surface area contributed by atoms with E-state index in [-0.39, 0.29) is 28.2 Å². The molecule has 0 unspecified atom stereocenters. The second kappa shape index (κ2) is 7.12. The Hall–Kier alpha value is -2.58. The number of nitro benzene ring substituents is 1. The number of aromatic hydroxyl groups is 1. The van der Waals surface area contributed by atoms with Crippen molar-refractivity contribution in [2.24, 2.45) is 17.3 Å². The van der Waals surface area contributed by atoms with E-state index in [0.717, 1.165) is 4.57 Å². The summed E-state index contributed by atoms with van der Waals surface area (Å²) in [5.74, 6) is -0.457. The highest BCUT2D eigenvalue weighted by Gasteiger charge is 2.18. The normalized spacial score (nSPS) is 10.8. The molecular weight excluding hydrogens is 462 g/mol. The number of non-ortho nitro benzene ring substituents is 1. The van der Waals surface area contributed by atoms with Gasteiger partial charge in [-0.1, -0.05) is 0 Å². The maximum Gasteiger partial charge on any atom is 0.281 e. The standard InChI is InChI=1S/C14H9Br2N5O4/c1-6-8(5-17)13(22)20(2)14(23)11(6)18-19-12-9(15)3-7(21(24)25)4-10(12)16/h3-4,22H,1-2H3. The highest BCUT2D eigenvalue weighted by atomic mass is 79.9. The van der Waals surface area contributed by atoms with Crippen LogP contribution >= 0.6 is 31.9 Å². The highest BCUT2D eigenvalue weighted by Crippen LogP contribution is 2.38. The molecule has 0 aliphatic heterocycles. The Morgan fingerprint density at radius 2 is 1.80 bits per heavy atom. The molecule has 0 atom stereocenters. The molecular formula is C14H9Br2N5O4. The van der Waals surface area contributed by atoms with Gasteiger partial charge < -0.3 is 5.11 Å². The molecule has 0 aliphatic carbocycles. The van der Waals surface area contributed by atoms with Crippen LogP contribution in [0.2, 0.25) is 0 Å². The molecule has 1 heterocycles. The third-order valence-corrected chi connectivity index (χ3v) is 4.56. The summed E-state index contributed by atoms with van der Waals surface area (Å²) in [6.45, 7) is 1.47. The fourth-order valence-electron chi connectivity index (χ4n) is 1.97. The van der Waals surface area contributed by atoms with Crippen molar-refractivity contribution in [3.05, 3.63) is 52.7 Å². The van der Waals surface area contributed by atoms with Crippen LogP contribution in [0.1, 0.15) is 11.1 Å². The number of hydrogen-bond donors (Lipinski definition) is 1. The van der Waals surface area contributed by atoms with Gasteiger partial charge in [0.1, 0.15) is 17.3 Å². The Balaban J connectivity index is 2.63. The molecule has 128 valence electrons. The van der Waals surface area contributed by atoms with Crippen LogP contribution in [0.4, 0.5) is 17.1 Å². The Morgan fingerprint density at radius 1 is 1.28 bits per heavy atom. The summed E-state index contributed by atoms with van der Waals surface area (Å²) < 4.78 is 1.48. The topological polar surface area (TPSA) is 134 Å². The number of hydrogen-bond acceptors (Lipinski definition) is 7. The predicted molar refractivity (Wildman–Crippen MR) is 95.5 cm³/mol. The van der Waals surface area contributed by atoms with Gasteiger partial charge in [-0.2, -0.15) is 5.26 Å². The first kappa shape index (κ1) is 18.8. The molecule has 1 aromatic heterocycles. The summed E-state index contributed by atoms with van der Waals surface area (Å²) in [5, 5.41) is 37.6. The van der Waals surface area contributed by atoms with E-state index in [1.165, 1.54) is 26.1 Å². The van der Waals surface area contributed by atoms with Crippen LogP contribution < -0.4 is 5.56 Å². The summed E-state index contributed by atoms with van der Waals surface area (Å²) in [5.41, 5.74) is -0.570. The number of benzene rings is 1. The van der Waals surface area contributed by atoms with Crippen LogP contribution in [0, 0.1) is 28.4 Å². The SMILES string of the molecule is Cc1c(C#N)c(O)n(C)c(=O)c1N=Nc1c(Br)cc([N+](=O)[O-])cc1Br. The number of pyridine rings is 1. The zero-order chi connectivity index (χ0) is 18.9. The monoisotopic (exact) mass is 469 g/mol. The van der Waals surface area contributed by atoms with Gasteiger partial charge in [-0.15, -0.1) is 10.2 Å². The van der Waals surface area contributed by atoms with E-state index in [9.17, 15) is 20.0 Å². The number of nitrogens with zero attached hydrogens (tertiary/aromatic N) is 5. The molecule has 0 aliphatic rings. The van der Waals surface area contributed by atoms with E-state index in [1.54, 1.807) is 0 Å². The molecule has 25 heavy (non-hydrogen) atoms. The molecule has 0 bridgehead atoms. The number of rotatable bonds is 3. The molecule has 2 rings (SSSR count). The maximum atomic E-state index is 12.2. The fourth-order valence-corrected chi connectivity index (χ4v) is 3.29. The van der Waals surface area contributed by atoms with Gasteiger partial charge in [0.2, 0.25) is 5.88 Å². The van der Waals surface area contributed by atoms with Crippen molar-refractivity contribution in [2.75, 3.05) is 0 Å². The Morgan fingerprint density at radius 3 is 2.28 bits per heavy atom. The summed E-state index contributed by atoms with van der Waals surface area (Å²) in [7, 11) is 1.30. The van der Waals surface area contributed by atoms with Gasteiger partial charge in [0.15, 0.2) is 5.69 Å². The Kier molecular flexibility index (Phi) is 5.34. The first-order chi connectivity index (χ1) is 11.7. The van der Waals surface area contributed by atoms with Gasteiger partial charge in [-0.05, 0) is 38.8 Å². The summed E-state index contributed by atoms with van der Waals surface area (Å²) >= 11 is 6.33. The molecule has 1 N–H and O–H groups in total. The van der Waals surface area contributed by atoms with E-state index in [4.69, 9.17) is 5.26 Å². The second-order valence-electron chi connectivity index (χ2n) is 4.86.